The summed E-state index contributed by atoms with van der Waals surface area (Å²) in [6.07, 6.45) is 0.685. The van der Waals surface area contributed by atoms with E-state index in [1.165, 1.54) is 0 Å². The summed E-state index contributed by atoms with van der Waals surface area (Å²) in [4.78, 5) is 0. The number of sulfone groups is 1. The summed E-state index contributed by atoms with van der Waals surface area (Å²) in [5.41, 5.74) is 0. The zero-order chi connectivity index (χ0) is 11.5. The number of hydrogen-bond donors (Lipinski definition) is 1. The normalized spacial score (nSPS) is 24.3. The Morgan fingerprint density at radius 1 is 1.60 bits per heavy atom. The topological polar surface area (TPSA) is 46.2 Å². The molecule has 3 nitrogen and oxygen atoms in total. The fourth-order valence-electron chi connectivity index (χ4n) is 1.36. The molecule has 0 aromatic heterocycles. The highest BCUT2D eigenvalue weighted by molar-refractivity contribution is 8.22. The maximum absolute atomic E-state index is 11.2. The van der Waals surface area contributed by atoms with E-state index in [1.807, 2.05) is 0 Å². The van der Waals surface area contributed by atoms with Gasteiger partial charge in [-0.05, 0) is 12.3 Å². The Balaban J connectivity index is 2.28. The third-order valence-electron chi connectivity index (χ3n) is 2.10. The average molecular weight is 267 g/mol. The van der Waals surface area contributed by atoms with Crippen molar-refractivity contribution in [3.8, 4) is 0 Å². The van der Waals surface area contributed by atoms with Crippen LogP contribution in [-0.4, -0.2) is 36.0 Å². The summed E-state index contributed by atoms with van der Waals surface area (Å²) in [5.74, 6) is 2.10. The van der Waals surface area contributed by atoms with Gasteiger partial charge in [-0.1, -0.05) is 37.8 Å². The molecular formula is C9H17NO2S3. The zero-order valence-electron chi connectivity index (χ0n) is 9.02. The lowest BCUT2D eigenvalue weighted by atomic mass is 10.3. The molecule has 0 aliphatic carbocycles. The van der Waals surface area contributed by atoms with E-state index in [2.05, 4.69) is 19.2 Å². The first-order chi connectivity index (χ1) is 6.89. The molecule has 1 fully saturated rings. The van der Waals surface area contributed by atoms with Gasteiger partial charge >= 0.3 is 0 Å². The minimum absolute atomic E-state index is 0.0298. The van der Waals surface area contributed by atoms with Gasteiger partial charge in [0.2, 0.25) is 0 Å². The Labute approximate surface area is 101 Å². The van der Waals surface area contributed by atoms with Crippen molar-refractivity contribution in [1.29, 1.82) is 0 Å². The third-order valence-corrected chi connectivity index (χ3v) is 5.55. The van der Waals surface area contributed by atoms with Crippen molar-refractivity contribution < 1.29 is 8.42 Å². The molecule has 1 saturated heterocycles. The summed E-state index contributed by atoms with van der Waals surface area (Å²) >= 11 is 6.74. The molecule has 1 heterocycles. The van der Waals surface area contributed by atoms with Crippen LogP contribution in [0.2, 0.25) is 0 Å². The molecule has 0 radical (unpaired) electrons. The van der Waals surface area contributed by atoms with Crippen LogP contribution in [0.4, 0.5) is 0 Å². The summed E-state index contributed by atoms with van der Waals surface area (Å²) in [7, 11) is -2.80. The van der Waals surface area contributed by atoms with Crippen LogP contribution in [0.25, 0.3) is 0 Å². The lowest BCUT2D eigenvalue weighted by Gasteiger charge is -2.13. The van der Waals surface area contributed by atoms with Gasteiger partial charge in [0.05, 0.1) is 11.5 Å². The first kappa shape index (κ1) is 13.3. The van der Waals surface area contributed by atoms with E-state index in [1.54, 1.807) is 11.8 Å². The molecule has 0 aromatic carbocycles. The SMILES string of the molecule is CC(C)CSC(=S)N[C@@H]1CCS(=O)(=O)C1. The summed E-state index contributed by atoms with van der Waals surface area (Å²) in [6, 6.07) is 0.0298. The molecule has 0 bridgehead atoms. The molecule has 88 valence electrons. The van der Waals surface area contributed by atoms with Gasteiger partial charge < -0.3 is 5.32 Å². The number of thioether (sulfide) groups is 1. The number of rotatable bonds is 3. The highest BCUT2D eigenvalue weighted by Crippen LogP contribution is 2.14. The predicted octanol–water partition coefficient (Wildman–Crippen LogP) is 1.44. The number of hydrogen-bond acceptors (Lipinski definition) is 4. The average Bonchev–Trinajstić information content (AvgIpc) is 2.42. The highest BCUT2D eigenvalue weighted by Gasteiger charge is 2.28. The van der Waals surface area contributed by atoms with Crippen molar-refractivity contribution in [2.24, 2.45) is 5.92 Å². The molecule has 0 unspecified atom stereocenters. The van der Waals surface area contributed by atoms with Crippen LogP contribution in [0, 0.1) is 5.92 Å². The summed E-state index contributed by atoms with van der Waals surface area (Å²) in [5, 5.41) is 3.11. The molecule has 1 atom stereocenters. The first-order valence-corrected chi connectivity index (χ1v) is 8.24. The quantitative estimate of drug-likeness (QED) is 0.784. The highest BCUT2D eigenvalue weighted by atomic mass is 32.2. The lowest BCUT2D eigenvalue weighted by Crippen LogP contribution is -2.33. The van der Waals surface area contributed by atoms with Crippen LogP contribution in [-0.2, 0) is 9.84 Å². The van der Waals surface area contributed by atoms with Gasteiger partial charge in [0.15, 0.2) is 9.84 Å². The minimum atomic E-state index is -2.80. The first-order valence-electron chi connectivity index (χ1n) is 5.03. The van der Waals surface area contributed by atoms with Gasteiger partial charge in [0.25, 0.3) is 0 Å². The van der Waals surface area contributed by atoms with Gasteiger partial charge in [-0.3, -0.25) is 0 Å². The van der Waals surface area contributed by atoms with Crippen molar-refractivity contribution in [3.63, 3.8) is 0 Å². The molecule has 1 aliphatic heterocycles. The van der Waals surface area contributed by atoms with Crippen LogP contribution < -0.4 is 5.32 Å². The van der Waals surface area contributed by atoms with E-state index >= 15 is 0 Å². The second-order valence-corrected chi connectivity index (χ2v) is 8.16. The Bertz CT molecular complexity index is 324. The van der Waals surface area contributed by atoms with Gasteiger partial charge in [-0.2, -0.15) is 0 Å². The molecule has 0 amide bonds. The molecule has 6 heteroatoms. The van der Waals surface area contributed by atoms with Crippen LogP contribution >= 0.6 is 24.0 Å². The maximum Gasteiger partial charge on any atom is 0.152 e. The smallest absolute Gasteiger partial charge is 0.152 e. The third kappa shape index (κ3) is 5.17. The van der Waals surface area contributed by atoms with Crippen molar-refractivity contribution in [1.82, 2.24) is 5.32 Å². The van der Waals surface area contributed by atoms with E-state index in [4.69, 9.17) is 12.2 Å². The van der Waals surface area contributed by atoms with Crippen LogP contribution in [0.15, 0.2) is 0 Å². The monoisotopic (exact) mass is 267 g/mol. The van der Waals surface area contributed by atoms with Gasteiger partial charge in [0.1, 0.15) is 4.32 Å². The summed E-state index contributed by atoms with van der Waals surface area (Å²) in [6.45, 7) is 4.27. The summed E-state index contributed by atoms with van der Waals surface area (Å²) < 4.78 is 23.1. The van der Waals surface area contributed by atoms with Crippen LogP contribution in [0.5, 0.6) is 0 Å². The fourth-order valence-corrected chi connectivity index (χ4v) is 4.14. The second kappa shape index (κ2) is 5.50. The van der Waals surface area contributed by atoms with E-state index in [0.29, 0.717) is 18.1 Å². The molecule has 0 aromatic rings. The molecule has 0 spiro atoms. The van der Waals surface area contributed by atoms with Crippen molar-refractivity contribution in [2.45, 2.75) is 26.3 Å². The zero-order valence-corrected chi connectivity index (χ0v) is 11.5. The molecule has 1 rings (SSSR count). The largest absolute Gasteiger partial charge is 0.367 e. The Morgan fingerprint density at radius 2 is 2.27 bits per heavy atom. The van der Waals surface area contributed by atoms with Gasteiger partial charge in [-0.25, -0.2) is 8.42 Å². The van der Waals surface area contributed by atoms with Crippen molar-refractivity contribution in [2.75, 3.05) is 17.3 Å². The molecule has 1 N–H and O–H groups in total. The number of thiocarbonyl (C=S) groups is 1. The Kier molecular flexibility index (Phi) is 4.86. The van der Waals surface area contributed by atoms with E-state index in [0.717, 1.165) is 10.1 Å². The Morgan fingerprint density at radius 3 is 2.73 bits per heavy atom. The molecule has 1 aliphatic rings. The molecular weight excluding hydrogens is 250 g/mol. The molecule has 15 heavy (non-hydrogen) atoms. The lowest BCUT2D eigenvalue weighted by molar-refractivity contribution is 0.600. The van der Waals surface area contributed by atoms with Gasteiger partial charge in [0, 0.05) is 11.8 Å². The van der Waals surface area contributed by atoms with E-state index < -0.39 is 9.84 Å². The maximum atomic E-state index is 11.2. The van der Waals surface area contributed by atoms with Crippen molar-refractivity contribution >= 4 is 38.1 Å². The molecule has 0 saturated carbocycles. The van der Waals surface area contributed by atoms with Crippen LogP contribution in [0.1, 0.15) is 20.3 Å². The number of nitrogens with one attached hydrogen (secondary N) is 1. The predicted molar refractivity (Wildman–Crippen MR) is 70.1 cm³/mol. The fraction of sp³-hybridized carbons (Fsp3) is 0.889. The second-order valence-electron chi connectivity index (χ2n) is 4.24. The van der Waals surface area contributed by atoms with E-state index in [-0.39, 0.29) is 11.8 Å². The minimum Gasteiger partial charge on any atom is -0.367 e. The van der Waals surface area contributed by atoms with Crippen LogP contribution in [0.3, 0.4) is 0 Å². The van der Waals surface area contributed by atoms with Gasteiger partial charge in [-0.15, -0.1) is 0 Å². The van der Waals surface area contributed by atoms with Crippen molar-refractivity contribution in [3.05, 3.63) is 0 Å². The Hall–Kier alpha value is 0.190. The standard InChI is InChI=1S/C9H17NO2S3/c1-7(2)5-14-9(13)10-8-3-4-15(11,12)6-8/h7-8H,3-6H2,1-2H3,(H,10,13)/t8-/m1/s1. The van der Waals surface area contributed by atoms with E-state index in [9.17, 15) is 8.42 Å².